The van der Waals surface area contributed by atoms with E-state index in [1.165, 1.54) is 0 Å². The van der Waals surface area contributed by atoms with E-state index in [2.05, 4.69) is 6.92 Å². The zero-order chi connectivity index (χ0) is 12.4. The quantitative estimate of drug-likeness (QED) is 0.599. The molecule has 0 aliphatic heterocycles. The summed E-state index contributed by atoms with van der Waals surface area (Å²) in [6.07, 6.45) is 2.04. The molecule has 0 aromatic carbocycles. The van der Waals surface area contributed by atoms with Crippen molar-refractivity contribution in [3.05, 3.63) is 0 Å². The molecule has 16 heavy (non-hydrogen) atoms. The van der Waals surface area contributed by atoms with E-state index in [1.54, 1.807) is 6.92 Å². The molecule has 2 N–H and O–H groups in total. The Bertz CT molecular complexity index is 150. The van der Waals surface area contributed by atoms with Crippen LogP contribution < -0.4 is 0 Å². The molecule has 0 aliphatic carbocycles. The Hall–Kier alpha value is -0.160. The lowest BCUT2D eigenvalue weighted by atomic mass is 10.2. The Morgan fingerprint density at radius 1 is 1.06 bits per heavy atom. The maximum atomic E-state index is 9.54. The maximum Gasteiger partial charge on any atom is 0.0781 e. The Morgan fingerprint density at radius 3 is 2.31 bits per heavy atom. The molecule has 3 unspecified atom stereocenters. The molecule has 0 heterocycles. The second-order valence-corrected chi connectivity index (χ2v) is 4.33. The summed E-state index contributed by atoms with van der Waals surface area (Å²) in [5.41, 5.74) is 0. The number of hydrogen-bond acceptors (Lipinski definition) is 4. The molecule has 0 spiro atoms. The van der Waals surface area contributed by atoms with Crippen LogP contribution in [0.15, 0.2) is 0 Å². The van der Waals surface area contributed by atoms with Gasteiger partial charge < -0.3 is 19.7 Å². The molecule has 0 amide bonds. The predicted molar refractivity (Wildman–Crippen MR) is 63.4 cm³/mol. The van der Waals surface area contributed by atoms with Crippen LogP contribution in [0.5, 0.6) is 0 Å². The highest BCUT2D eigenvalue weighted by Crippen LogP contribution is 2.02. The zero-order valence-electron chi connectivity index (χ0n) is 10.7. The van der Waals surface area contributed by atoms with Gasteiger partial charge in [0.1, 0.15) is 0 Å². The third-order valence-corrected chi connectivity index (χ3v) is 2.18. The van der Waals surface area contributed by atoms with Gasteiger partial charge in [-0.2, -0.15) is 0 Å². The molecule has 0 radical (unpaired) electrons. The van der Waals surface area contributed by atoms with Crippen LogP contribution in [0.4, 0.5) is 0 Å². The van der Waals surface area contributed by atoms with Crippen molar-refractivity contribution in [2.24, 2.45) is 0 Å². The second-order valence-electron chi connectivity index (χ2n) is 4.33. The second kappa shape index (κ2) is 10.0. The van der Waals surface area contributed by atoms with E-state index in [0.29, 0.717) is 19.8 Å². The van der Waals surface area contributed by atoms with E-state index in [0.717, 1.165) is 19.3 Å². The number of aliphatic hydroxyl groups excluding tert-OH is 2. The van der Waals surface area contributed by atoms with Crippen molar-refractivity contribution in [2.45, 2.75) is 58.3 Å². The molecule has 98 valence electrons. The number of hydrogen-bond donors (Lipinski definition) is 2. The fourth-order valence-electron chi connectivity index (χ4n) is 1.25. The number of rotatable bonds is 10. The summed E-state index contributed by atoms with van der Waals surface area (Å²) in [7, 11) is 0. The molecule has 0 saturated heterocycles. The van der Waals surface area contributed by atoms with Crippen LogP contribution in [0.3, 0.4) is 0 Å². The molecule has 0 bridgehead atoms. The SMILES string of the molecule is CCCCC(O)COC(C)COCC(C)O. The fraction of sp³-hybridized carbons (Fsp3) is 1.00. The Morgan fingerprint density at radius 2 is 1.75 bits per heavy atom. The van der Waals surface area contributed by atoms with Crippen LogP contribution in [0.2, 0.25) is 0 Å². The average Bonchev–Trinajstić information content (AvgIpc) is 2.23. The fourth-order valence-corrected chi connectivity index (χ4v) is 1.25. The molecule has 0 aliphatic rings. The van der Waals surface area contributed by atoms with Gasteiger partial charge in [0.25, 0.3) is 0 Å². The molecule has 0 aromatic rings. The summed E-state index contributed by atoms with van der Waals surface area (Å²) in [5, 5.41) is 18.5. The molecule has 3 atom stereocenters. The van der Waals surface area contributed by atoms with Gasteiger partial charge in [0.2, 0.25) is 0 Å². The standard InChI is InChI=1S/C12H26O4/c1-4-5-6-12(14)9-16-11(3)8-15-7-10(2)13/h10-14H,4-9H2,1-3H3. The van der Waals surface area contributed by atoms with Gasteiger partial charge >= 0.3 is 0 Å². The van der Waals surface area contributed by atoms with Crippen LogP contribution >= 0.6 is 0 Å². The first-order valence-corrected chi connectivity index (χ1v) is 6.11. The largest absolute Gasteiger partial charge is 0.391 e. The minimum atomic E-state index is -0.442. The van der Waals surface area contributed by atoms with E-state index in [1.807, 2.05) is 6.92 Å². The first-order valence-electron chi connectivity index (χ1n) is 6.11. The first-order chi connectivity index (χ1) is 7.56. The normalized spacial score (nSPS) is 17.1. The minimum Gasteiger partial charge on any atom is -0.391 e. The first kappa shape index (κ1) is 15.8. The van der Waals surface area contributed by atoms with Crippen molar-refractivity contribution in [2.75, 3.05) is 19.8 Å². The van der Waals surface area contributed by atoms with Crippen molar-refractivity contribution < 1.29 is 19.7 Å². The van der Waals surface area contributed by atoms with Crippen molar-refractivity contribution in [1.82, 2.24) is 0 Å². The summed E-state index contributed by atoms with van der Waals surface area (Å²) in [6.45, 7) is 6.81. The summed E-state index contributed by atoms with van der Waals surface area (Å²) < 4.78 is 10.6. The molecular formula is C12H26O4. The van der Waals surface area contributed by atoms with Crippen LogP contribution in [0, 0.1) is 0 Å². The monoisotopic (exact) mass is 234 g/mol. The highest BCUT2D eigenvalue weighted by atomic mass is 16.5. The van der Waals surface area contributed by atoms with E-state index in [4.69, 9.17) is 14.6 Å². The van der Waals surface area contributed by atoms with Gasteiger partial charge in [0.15, 0.2) is 0 Å². The maximum absolute atomic E-state index is 9.54. The molecule has 0 aromatic heterocycles. The van der Waals surface area contributed by atoms with Gasteiger partial charge in [-0.1, -0.05) is 19.8 Å². The molecule has 0 rings (SSSR count). The van der Waals surface area contributed by atoms with Gasteiger partial charge in [0.05, 0.1) is 38.1 Å². The summed E-state index contributed by atoms with van der Waals surface area (Å²) in [6, 6.07) is 0. The number of unbranched alkanes of at least 4 members (excludes halogenated alkanes) is 1. The van der Waals surface area contributed by atoms with E-state index in [9.17, 15) is 5.11 Å². The average molecular weight is 234 g/mol. The summed E-state index contributed by atoms with van der Waals surface area (Å²) in [4.78, 5) is 0. The lowest BCUT2D eigenvalue weighted by Crippen LogP contribution is -2.24. The molecule has 4 nitrogen and oxygen atoms in total. The third kappa shape index (κ3) is 10.4. The van der Waals surface area contributed by atoms with Crippen molar-refractivity contribution in [1.29, 1.82) is 0 Å². The van der Waals surface area contributed by atoms with E-state index < -0.39 is 6.10 Å². The van der Waals surface area contributed by atoms with Crippen molar-refractivity contribution >= 4 is 0 Å². The highest BCUT2D eigenvalue weighted by Gasteiger charge is 2.08. The minimum absolute atomic E-state index is 0.0463. The number of aliphatic hydroxyl groups is 2. The molecule has 0 saturated carbocycles. The van der Waals surface area contributed by atoms with Crippen LogP contribution in [-0.4, -0.2) is 48.3 Å². The van der Waals surface area contributed by atoms with Crippen LogP contribution in [-0.2, 0) is 9.47 Å². The van der Waals surface area contributed by atoms with Crippen LogP contribution in [0.1, 0.15) is 40.0 Å². The van der Waals surface area contributed by atoms with Crippen LogP contribution in [0.25, 0.3) is 0 Å². The zero-order valence-corrected chi connectivity index (χ0v) is 10.7. The molecular weight excluding hydrogens is 208 g/mol. The van der Waals surface area contributed by atoms with Crippen molar-refractivity contribution in [3.8, 4) is 0 Å². The molecule has 4 heteroatoms. The lowest BCUT2D eigenvalue weighted by Gasteiger charge is -2.16. The van der Waals surface area contributed by atoms with Gasteiger partial charge in [-0.05, 0) is 20.3 Å². The highest BCUT2D eigenvalue weighted by molar-refractivity contribution is 4.56. The Labute approximate surface area is 98.6 Å². The predicted octanol–water partition coefficient (Wildman–Crippen LogP) is 1.34. The molecule has 0 fully saturated rings. The third-order valence-electron chi connectivity index (χ3n) is 2.18. The smallest absolute Gasteiger partial charge is 0.0781 e. The van der Waals surface area contributed by atoms with Crippen molar-refractivity contribution in [3.63, 3.8) is 0 Å². The summed E-state index contributed by atoms with van der Waals surface area (Å²) >= 11 is 0. The Kier molecular flexibility index (Phi) is 9.92. The van der Waals surface area contributed by atoms with Gasteiger partial charge in [0, 0.05) is 0 Å². The van der Waals surface area contributed by atoms with Gasteiger partial charge in [-0.3, -0.25) is 0 Å². The number of ether oxygens (including phenoxy) is 2. The Balaban J connectivity index is 3.38. The van der Waals surface area contributed by atoms with Gasteiger partial charge in [-0.15, -0.1) is 0 Å². The van der Waals surface area contributed by atoms with Gasteiger partial charge in [-0.25, -0.2) is 0 Å². The van der Waals surface area contributed by atoms with E-state index >= 15 is 0 Å². The topological polar surface area (TPSA) is 58.9 Å². The van der Waals surface area contributed by atoms with E-state index in [-0.39, 0.29) is 12.2 Å². The summed E-state index contributed by atoms with van der Waals surface area (Å²) in [5.74, 6) is 0. The lowest BCUT2D eigenvalue weighted by molar-refractivity contribution is -0.0538.